The van der Waals surface area contributed by atoms with Gasteiger partial charge in [-0.2, -0.15) is 0 Å². The molecule has 4 rings (SSSR count). The normalized spacial score (nSPS) is 23.3. The summed E-state index contributed by atoms with van der Waals surface area (Å²) in [6, 6.07) is 10.7. The van der Waals surface area contributed by atoms with Crippen molar-refractivity contribution in [3.63, 3.8) is 0 Å². The highest BCUT2D eigenvalue weighted by atomic mass is 19.1. The van der Waals surface area contributed by atoms with E-state index in [0.29, 0.717) is 29.7 Å². The van der Waals surface area contributed by atoms with Crippen LogP contribution in [0.25, 0.3) is 10.9 Å². The van der Waals surface area contributed by atoms with E-state index in [4.69, 9.17) is 20.2 Å². The zero-order valence-electron chi connectivity index (χ0n) is 14.0. The van der Waals surface area contributed by atoms with Crippen LogP contribution in [0, 0.1) is 0 Å². The predicted octanol–water partition coefficient (Wildman–Crippen LogP) is 2.79. The van der Waals surface area contributed by atoms with E-state index in [1.807, 2.05) is 18.2 Å². The van der Waals surface area contributed by atoms with E-state index in [9.17, 15) is 4.39 Å². The van der Waals surface area contributed by atoms with Crippen LogP contribution in [0.1, 0.15) is 12.8 Å². The number of ether oxygens (including phenoxy) is 2. The minimum absolute atomic E-state index is 0.150. The fourth-order valence-electron chi connectivity index (χ4n) is 3.64. The van der Waals surface area contributed by atoms with Gasteiger partial charge >= 0.3 is 0 Å². The minimum atomic E-state index is 0.150. The molecule has 2 fully saturated rings. The van der Waals surface area contributed by atoms with Crippen LogP contribution in [0.15, 0.2) is 42.2 Å². The lowest BCUT2D eigenvalue weighted by atomic mass is 10.2. The van der Waals surface area contributed by atoms with Crippen LogP contribution < -0.4 is 15.4 Å². The predicted molar refractivity (Wildman–Crippen MR) is 95.6 cm³/mol. The van der Waals surface area contributed by atoms with Gasteiger partial charge in [0, 0.05) is 17.5 Å². The molecule has 6 heteroatoms. The maximum Gasteiger partial charge on any atom is 0.129 e. The summed E-state index contributed by atoms with van der Waals surface area (Å²) >= 11 is 0. The first-order chi connectivity index (χ1) is 12.3. The molecule has 0 radical (unpaired) electrons. The third kappa shape index (κ3) is 3.19. The summed E-state index contributed by atoms with van der Waals surface area (Å²) < 4.78 is 23.8. The lowest BCUT2D eigenvalue weighted by molar-refractivity contribution is 0.0902. The number of benzene rings is 1. The van der Waals surface area contributed by atoms with Crippen LogP contribution in [0.2, 0.25) is 0 Å². The molecule has 3 heterocycles. The van der Waals surface area contributed by atoms with Crippen LogP contribution >= 0.6 is 0 Å². The fourth-order valence-corrected chi connectivity index (χ4v) is 3.64. The molecule has 2 atom stereocenters. The Bertz CT molecular complexity index is 779. The molecule has 5 nitrogen and oxygen atoms in total. The van der Waals surface area contributed by atoms with Gasteiger partial charge in [0.15, 0.2) is 0 Å². The van der Waals surface area contributed by atoms with E-state index < -0.39 is 0 Å². The Hall–Kier alpha value is -2.18. The minimum Gasteiger partial charge on any atom is -0.489 e. The van der Waals surface area contributed by atoms with Crippen molar-refractivity contribution in [2.45, 2.75) is 24.9 Å². The molecule has 0 aliphatic carbocycles. The summed E-state index contributed by atoms with van der Waals surface area (Å²) in [6.45, 7) is 1.88. The Balaban J connectivity index is 1.55. The molecule has 2 bridgehead atoms. The quantitative estimate of drug-likeness (QED) is 0.905. The number of nitrogens with zero attached hydrogens (tertiary/aromatic N) is 2. The molecular weight excluding hydrogens is 321 g/mol. The molecule has 0 saturated carbocycles. The summed E-state index contributed by atoms with van der Waals surface area (Å²) in [5.41, 5.74) is 6.80. The van der Waals surface area contributed by atoms with Crippen molar-refractivity contribution in [1.29, 1.82) is 0 Å². The van der Waals surface area contributed by atoms with E-state index in [1.165, 1.54) is 12.8 Å². The molecule has 2 aliphatic heterocycles. The number of rotatable bonds is 5. The highest BCUT2D eigenvalue weighted by Gasteiger charge is 2.38. The first-order valence-electron chi connectivity index (χ1n) is 8.66. The third-order valence-electron chi connectivity index (χ3n) is 4.99. The highest BCUT2D eigenvalue weighted by molar-refractivity contribution is 5.82. The van der Waals surface area contributed by atoms with Crippen molar-refractivity contribution < 1.29 is 13.9 Å². The average molecular weight is 343 g/mol. The van der Waals surface area contributed by atoms with Crippen molar-refractivity contribution in [3.8, 4) is 5.75 Å². The topological polar surface area (TPSA) is 60.6 Å². The van der Waals surface area contributed by atoms with Crippen LogP contribution in [0.3, 0.4) is 0 Å². The number of morpholine rings is 1. The standard InChI is InChI=1S/C19H22FN3O2/c20-8-13(9-21)10-25-17-4-5-18-14(7-17)1-6-19(22-18)23-15-2-3-16(23)12-24-11-15/h1,4-8,15-16H,2-3,9-12,21H2/b13-8+. The highest BCUT2D eigenvalue weighted by Crippen LogP contribution is 2.34. The van der Waals surface area contributed by atoms with Crippen LogP contribution in [-0.2, 0) is 4.74 Å². The van der Waals surface area contributed by atoms with Gasteiger partial charge in [0.25, 0.3) is 0 Å². The van der Waals surface area contributed by atoms with Gasteiger partial charge in [-0.05, 0) is 43.2 Å². The lowest BCUT2D eigenvalue weighted by Crippen LogP contribution is -2.46. The Morgan fingerprint density at radius 3 is 2.80 bits per heavy atom. The number of halogens is 1. The zero-order valence-corrected chi connectivity index (χ0v) is 14.0. The molecular formula is C19H22FN3O2. The molecule has 0 spiro atoms. The van der Waals surface area contributed by atoms with E-state index in [1.54, 1.807) is 0 Å². The smallest absolute Gasteiger partial charge is 0.129 e. The second kappa shape index (κ2) is 6.98. The van der Waals surface area contributed by atoms with Gasteiger partial charge in [-0.1, -0.05) is 0 Å². The number of fused-ring (bicyclic) bond motifs is 3. The second-order valence-electron chi connectivity index (χ2n) is 6.61. The maximum atomic E-state index is 12.6. The van der Waals surface area contributed by atoms with Crippen molar-refractivity contribution in [2.75, 3.05) is 31.3 Å². The van der Waals surface area contributed by atoms with Crippen molar-refractivity contribution in [2.24, 2.45) is 5.73 Å². The molecule has 132 valence electrons. The molecule has 2 aliphatic rings. The number of pyridine rings is 1. The summed E-state index contributed by atoms with van der Waals surface area (Å²) in [4.78, 5) is 7.24. The number of hydrogen-bond donors (Lipinski definition) is 1. The SMILES string of the molecule is NC/C(=C\F)COc1ccc2nc(N3C4CCC3COC4)ccc2c1. The molecule has 25 heavy (non-hydrogen) atoms. The van der Waals surface area contributed by atoms with Crippen molar-refractivity contribution in [1.82, 2.24) is 4.98 Å². The molecule has 2 saturated heterocycles. The molecule has 2 N–H and O–H groups in total. The second-order valence-corrected chi connectivity index (χ2v) is 6.61. The summed E-state index contributed by atoms with van der Waals surface area (Å²) in [5.74, 6) is 1.70. The summed E-state index contributed by atoms with van der Waals surface area (Å²) in [7, 11) is 0. The maximum absolute atomic E-state index is 12.6. The van der Waals surface area contributed by atoms with E-state index in [-0.39, 0.29) is 13.2 Å². The van der Waals surface area contributed by atoms with Crippen molar-refractivity contribution in [3.05, 3.63) is 42.2 Å². The van der Waals surface area contributed by atoms with Crippen LogP contribution in [0.5, 0.6) is 5.75 Å². The number of anilines is 1. The zero-order chi connectivity index (χ0) is 17.2. The molecule has 1 aromatic carbocycles. The van der Waals surface area contributed by atoms with Crippen molar-refractivity contribution >= 4 is 16.7 Å². The summed E-state index contributed by atoms with van der Waals surface area (Å²) in [5, 5.41) is 1.00. The Morgan fingerprint density at radius 2 is 2.08 bits per heavy atom. The Kier molecular flexibility index (Phi) is 4.55. The largest absolute Gasteiger partial charge is 0.489 e. The van der Waals surface area contributed by atoms with Gasteiger partial charge in [0.2, 0.25) is 0 Å². The first kappa shape index (κ1) is 16.3. The van der Waals surface area contributed by atoms with Crippen LogP contribution in [-0.4, -0.2) is 43.4 Å². The average Bonchev–Trinajstić information content (AvgIpc) is 2.90. The number of aromatic nitrogens is 1. The van der Waals surface area contributed by atoms with E-state index in [0.717, 1.165) is 29.9 Å². The Labute approximate surface area is 146 Å². The van der Waals surface area contributed by atoms with E-state index >= 15 is 0 Å². The van der Waals surface area contributed by atoms with Gasteiger partial charge in [-0.3, -0.25) is 0 Å². The number of hydrogen-bond acceptors (Lipinski definition) is 5. The molecule has 2 aromatic rings. The van der Waals surface area contributed by atoms with Gasteiger partial charge in [-0.15, -0.1) is 0 Å². The van der Waals surface area contributed by atoms with E-state index in [2.05, 4.69) is 17.0 Å². The number of nitrogens with two attached hydrogens (primary N) is 1. The lowest BCUT2D eigenvalue weighted by Gasteiger charge is -2.35. The molecule has 2 unspecified atom stereocenters. The van der Waals surface area contributed by atoms with Gasteiger partial charge in [0.1, 0.15) is 18.2 Å². The van der Waals surface area contributed by atoms with Gasteiger partial charge in [0.05, 0.1) is 37.1 Å². The third-order valence-corrected chi connectivity index (χ3v) is 4.99. The van der Waals surface area contributed by atoms with Gasteiger partial charge in [-0.25, -0.2) is 9.37 Å². The fraction of sp³-hybridized carbons (Fsp3) is 0.421. The Morgan fingerprint density at radius 1 is 1.28 bits per heavy atom. The first-order valence-corrected chi connectivity index (χ1v) is 8.66. The molecule has 1 aromatic heterocycles. The van der Waals surface area contributed by atoms with Gasteiger partial charge < -0.3 is 20.1 Å². The summed E-state index contributed by atoms with van der Waals surface area (Å²) in [6.07, 6.45) is 2.84. The monoisotopic (exact) mass is 343 g/mol. The van der Waals surface area contributed by atoms with Crippen LogP contribution in [0.4, 0.5) is 10.2 Å². The molecule has 0 amide bonds.